The van der Waals surface area contributed by atoms with Gasteiger partial charge >= 0.3 is 12.1 Å². The van der Waals surface area contributed by atoms with Gasteiger partial charge in [-0.05, 0) is 52.7 Å². The second-order valence-corrected chi connectivity index (χ2v) is 9.63. The lowest BCUT2D eigenvalue weighted by Gasteiger charge is -2.25. The van der Waals surface area contributed by atoms with E-state index < -0.39 is 35.7 Å². The van der Waals surface area contributed by atoms with Crippen molar-refractivity contribution < 1.29 is 23.9 Å². The number of rotatable bonds is 9. The zero-order chi connectivity index (χ0) is 25.3. The highest BCUT2D eigenvalue weighted by Gasteiger charge is 2.30. The van der Waals surface area contributed by atoms with Crippen molar-refractivity contribution in [1.82, 2.24) is 10.6 Å². The standard InChI is InChI=1S/C27H36N2O5/c1-18(2)33-25(31)23(17-21-14-12-19(3)13-15-21)28-24(30)22(16-20-10-8-7-9-11-20)29-26(32)34-27(4,5)6/h7-15,18,22-23H,16-17H2,1-6H3,(H,28,30)(H,29,32)/t22-,23+/m1/s1. The fraction of sp³-hybridized carbons (Fsp3) is 0.444. The number of nitrogens with one attached hydrogen (secondary N) is 2. The predicted molar refractivity (Wildman–Crippen MR) is 131 cm³/mol. The lowest BCUT2D eigenvalue weighted by molar-refractivity contribution is -0.151. The fourth-order valence-corrected chi connectivity index (χ4v) is 3.25. The first-order chi connectivity index (χ1) is 15.9. The summed E-state index contributed by atoms with van der Waals surface area (Å²) in [6, 6.07) is 15.2. The Balaban J connectivity index is 2.23. The van der Waals surface area contributed by atoms with E-state index in [2.05, 4.69) is 10.6 Å². The second-order valence-electron chi connectivity index (χ2n) is 9.63. The molecular formula is C27H36N2O5. The van der Waals surface area contributed by atoms with Crippen LogP contribution in [0.1, 0.15) is 51.3 Å². The summed E-state index contributed by atoms with van der Waals surface area (Å²) in [6.07, 6.45) is -0.530. The SMILES string of the molecule is Cc1ccc(C[C@H](NC(=O)[C@@H](Cc2ccccc2)NC(=O)OC(C)(C)C)C(=O)OC(C)C)cc1. The Morgan fingerprint density at radius 3 is 1.94 bits per heavy atom. The maximum Gasteiger partial charge on any atom is 0.408 e. The van der Waals surface area contributed by atoms with Gasteiger partial charge in [-0.3, -0.25) is 4.79 Å². The smallest absolute Gasteiger partial charge is 0.408 e. The summed E-state index contributed by atoms with van der Waals surface area (Å²) in [5.41, 5.74) is 2.13. The Labute approximate surface area is 202 Å². The second kappa shape index (κ2) is 12.2. The molecule has 7 nitrogen and oxygen atoms in total. The first-order valence-corrected chi connectivity index (χ1v) is 11.5. The van der Waals surface area contributed by atoms with Gasteiger partial charge < -0.3 is 20.1 Å². The maximum atomic E-state index is 13.3. The number of carbonyl (C=O) groups excluding carboxylic acids is 3. The molecule has 0 aliphatic carbocycles. The van der Waals surface area contributed by atoms with E-state index in [1.165, 1.54) is 0 Å². The van der Waals surface area contributed by atoms with E-state index >= 15 is 0 Å². The van der Waals surface area contributed by atoms with E-state index in [0.717, 1.165) is 16.7 Å². The molecule has 0 aromatic heterocycles. The lowest BCUT2D eigenvalue weighted by Crippen LogP contribution is -2.54. The van der Waals surface area contributed by atoms with Crippen molar-refractivity contribution in [1.29, 1.82) is 0 Å². The molecule has 0 bridgehead atoms. The summed E-state index contributed by atoms with van der Waals surface area (Å²) in [5, 5.41) is 5.44. The Kier molecular flexibility index (Phi) is 9.66. The predicted octanol–water partition coefficient (Wildman–Crippen LogP) is 4.11. The molecule has 0 radical (unpaired) electrons. The molecule has 2 rings (SSSR count). The largest absolute Gasteiger partial charge is 0.461 e. The summed E-state index contributed by atoms with van der Waals surface area (Å²) in [5.74, 6) is -1.02. The molecule has 2 amide bonds. The van der Waals surface area contributed by atoms with Gasteiger partial charge in [-0.1, -0.05) is 60.2 Å². The summed E-state index contributed by atoms with van der Waals surface area (Å²) in [7, 11) is 0. The Morgan fingerprint density at radius 2 is 1.38 bits per heavy atom. The van der Waals surface area contributed by atoms with Crippen LogP contribution in [0.2, 0.25) is 0 Å². The third-order valence-corrected chi connectivity index (χ3v) is 4.80. The highest BCUT2D eigenvalue weighted by molar-refractivity contribution is 5.90. The van der Waals surface area contributed by atoms with Crippen LogP contribution < -0.4 is 10.6 Å². The van der Waals surface area contributed by atoms with E-state index in [0.29, 0.717) is 0 Å². The van der Waals surface area contributed by atoms with E-state index in [4.69, 9.17) is 9.47 Å². The van der Waals surface area contributed by atoms with Gasteiger partial charge in [0, 0.05) is 12.8 Å². The molecular weight excluding hydrogens is 432 g/mol. The van der Waals surface area contributed by atoms with Gasteiger partial charge in [-0.25, -0.2) is 9.59 Å². The third-order valence-electron chi connectivity index (χ3n) is 4.80. The molecule has 2 aromatic rings. The number of hydrogen-bond donors (Lipinski definition) is 2. The van der Waals surface area contributed by atoms with Crippen LogP contribution in [0.15, 0.2) is 54.6 Å². The van der Waals surface area contributed by atoms with Crippen LogP contribution in [0, 0.1) is 6.92 Å². The quantitative estimate of drug-likeness (QED) is 0.540. The zero-order valence-electron chi connectivity index (χ0n) is 20.9. The average Bonchev–Trinajstić information content (AvgIpc) is 2.73. The number of esters is 1. The summed E-state index contributed by atoms with van der Waals surface area (Å²) < 4.78 is 10.7. The van der Waals surface area contributed by atoms with Gasteiger partial charge in [0.15, 0.2) is 0 Å². The van der Waals surface area contributed by atoms with Crippen molar-refractivity contribution in [3.05, 3.63) is 71.3 Å². The van der Waals surface area contributed by atoms with Crippen molar-refractivity contribution in [2.75, 3.05) is 0 Å². The number of amides is 2. The Hall–Kier alpha value is -3.35. The minimum absolute atomic E-state index is 0.238. The van der Waals surface area contributed by atoms with E-state index in [-0.39, 0.29) is 18.9 Å². The normalized spacial score (nSPS) is 13.0. The molecule has 0 saturated heterocycles. The van der Waals surface area contributed by atoms with E-state index in [1.54, 1.807) is 34.6 Å². The molecule has 0 fully saturated rings. The van der Waals surface area contributed by atoms with Crippen molar-refractivity contribution in [3.63, 3.8) is 0 Å². The molecule has 0 saturated carbocycles. The molecule has 0 spiro atoms. The van der Waals surface area contributed by atoms with Gasteiger partial charge in [-0.2, -0.15) is 0 Å². The van der Waals surface area contributed by atoms with Gasteiger partial charge in [-0.15, -0.1) is 0 Å². The molecule has 2 atom stereocenters. The summed E-state index contributed by atoms with van der Waals surface area (Å²) >= 11 is 0. The van der Waals surface area contributed by atoms with Crippen LogP contribution in [0.4, 0.5) is 4.79 Å². The van der Waals surface area contributed by atoms with E-state index in [9.17, 15) is 14.4 Å². The van der Waals surface area contributed by atoms with Gasteiger partial charge in [0.25, 0.3) is 0 Å². The molecule has 0 heterocycles. The molecule has 2 aromatic carbocycles. The first kappa shape index (κ1) is 26.9. The van der Waals surface area contributed by atoms with Crippen molar-refractivity contribution in [2.45, 2.75) is 78.2 Å². The zero-order valence-corrected chi connectivity index (χ0v) is 20.9. The highest BCUT2D eigenvalue weighted by atomic mass is 16.6. The van der Waals surface area contributed by atoms with Gasteiger partial charge in [0.05, 0.1) is 6.10 Å². The number of aryl methyl sites for hydroxylation is 1. The van der Waals surface area contributed by atoms with Crippen molar-refractivity contribution in [2.24, 2.45) is 0 Å². The molecule has 0 aliphatic rings. The van der Waals surface area contributed by atoms with Crippen LogP contribution in [-0.4, -0.2) is 41.8 Å². The summed E-state index contributed by atoms with van der Waals surface area (Å²) in [6.45, 7) is 10.7. The van der Waals surface area contributed by atoms with Gasteiger partial charge in [0.2, 0.25) is 5.91 Å². The van der Waals surface area contributed by atoms with Crippen LogP contribution in [0.5, 0.6) is 0 Å². The van der Waals surface area contributed by atoms with Crippen molar-refractivity contribution >= 4 is 18.0 Å². The topological polar surface area (TPSA) is 93.7 Å². The maximum absolute atomic E-state index is 13.3. The third kappa shape index (κ3) is 9.65. The van der Waals surface area contributed by atoms with E-state index in [1.807, 2.05) is 61.5 Å². The highest BCUT2D eigenvalue weighted by Crippen LogP contribution is 2.11. The average molecular weight is 469 g/mol. The molecule has 2 N–H and O–H groups in total. The molecule has 7 heteroatoms. The van der Waals surface area contributed by atoms with Gasteiger partial charge in [0.1, 0.15) is 17.7 Å². The van der Waals surface area contributed by atoms with Crippen LogP contribution in [-0.2, 0) is 31.9 Å². The lowest BCUT2D eigenvalue weighted by atomic mass is 10.0. The minimum Gasteiger partial charge on any atom is -0.461 e. The monoisotopic (exact) mass is 468 g/mol. The molecule has 34 heavy (non-hydrogen) atoms. The fourth-order valence-electron chi connectivity index (χ4n) is 3.25. The van der Waals surface area contributed by atoms with Crippen LogP contribution >= 0.6 is 0 Å². The van der Waals surface area contributed by atoms with Crippen molar-refractivity contribution in [3.8, 4) is 0 Å². The number of carbonyl (C=O) groups is 3. The molecule has 0 unspecified atom stereocenters. The Morgan fingerprint density at radius 1 is 0.824 bits per heavy atom. The van der Waals surface area contributed by atoms with Crippen LogP contribution in [0.25, 0.3) is 0 Å². The number of alkyl carbamates (subject to hydrolysis) is 1. The Bertz CT molecular complexity index is 949. The number of benzene rings is 2. The molecule has 0 aliphatic heterocycles. The number of hydrogen-bond acceptors (Lipinski definition) is 5. The minimum atomic E-state index is -0.940. The molecule has 184 valence electrons. The number of ether oxygens (including phenoxy) is 2. The first-order valence-electron chi connectivity index (χ1n) is 11.5. The summed E-state index contributed by atoms with van der Waals surface area (Å²) in [4.78, 5) is 38.6. The van der Waals surface area contributed by atoms with Crippen LogP contribution in [0.3, 0.4) is 0 Å².